The first-order chi connectivity index (χ1) is 8.95. The van der Waals surface area contributed by atoms with E-state index >= 15 is 0 Å². The van der Waals surface area contributed by atoms with E-state index < -0.39 is 0 Å². The van der Waals surface area contributed by atoms with Crippen LogP contribution in [0.1, 0.15) is 65.7 Å². The van der Waals surface area contributed by atoms with Gasteiger partial charge in [0.15, 0.2) is 0 Å². The number of likely N-dealkylation sites (tertiary alicyclic amines) is 1. The first kappa shape index (κ1) is 16.9. The molecule has 112 valence electrons. The quantitative estimate of drug-likeness (QED) is 0.574. The van der Waals surface area contributed by atoms with Crippen LogP contribution in [0.25, 0.3) is 0 Å². The molecule has 3 heteroatoms. The highest BCUT2D eigenvalue weighted by molar-refractivity contribution is 7.80. The molecule has 1 aliphatic rings. The van der Waals surface area contributed by atoms with Crippen LogP contribution in [0, 0.1) is 11.3 Å². The molecular weight excluding hydrogens is 254 g/mol. The van der Waals surface area contributed by atoms with E-state index in [4.69, 9.17) is 0 Å². The maximum Gasteiger partial charge on any atom is 0.222 e. The van der Waals surface area contributed by atoms with Crippen LogP contribution in [0.4, 0.5) is 0 Å². The zero-order valence-electron chi connectivity index (χ0n) is 13.0. The molecule has 0 aromatic rings. The third-order valence-electron chi connectivity index (χ3n) is 4.37. The molecule has 1 saturated heterocycles. The van der Waals surface area contributed by atoms with Crippen molar-refractivity contribution in [2.24, 2.45) is 11.3 Å². The number of amides is 1. The highest BCUT2D eigenvalue weighted by Gasteiger charge is 2.29. The summed E-state index contributed by atoms with van der Waals surface area (Å²) in [5, 5.41) is 0. The van der Waals surface area contributed by atoms with Crippen molar-refractivity contribution in [3.8, 4) is 0 Å². The van der Waals surface area contributed by atoms with Crippen LogP contribution >= 0.6 is 12.6 Å². The lowest BCUT2D eigenvalue weighted by atomic mass is 9.77. The third kappa shape index (κ3) is 6.20. The van der Waals surface area contributed by atoms with Crippen molar-refractivity contribution in [1.29, 1.82) is 0 Å². The number of hydrogen-bond donors (Lipinski definition) is 1. The summed E-state index contributed by atoms with van der Waals surface area (Å²) < 4.78 is 0. The van der Waals surface area contributed by atoms with Crippen LogP contribution in [0.5, 0.6) is 0 Å². The second-order valence-electron chi connectivity index (χ2n) is 6.91. The minimum absolute atomic E-state index is 0.336. The lowest BCUT2D eigenvalue weighted by Crippen LogP contribution is -2.31. The molecule has 1 fully saturated rings. The molecule has 0 aromatic carbocycles. The Labute approximate surface area is 124 Å². The zero-order valence-corrected chi connectivity index (χ0v) is 13.8. The molecule has 1 heterocycles. The molecule has 19 heavy (non-hydrogen) atoms. The fourth-order valence-electron chi connectivity index (χ4n) is 2.91. The van der Waals surface area contributed by atoms with Crippen LogP contribution in [0.15, 0.2) is 0 Å². The number of carbonyl (C=O) groups is 1. The Kier molecular flexibility index (Phi) is 7.27. The van der Waals surface area contributed by atoms with Crippen LogP contribution in [0.3, 0.4) is 0 Å². The molecule has 0 spiro atoms. The van der Waals surface area contributed by atoms with Gasteiger partial charge in [-0.05, 0) is 42.8 Å². The number of unbranched alkanes of at least 4 members (excludes halogenated alkanes) is 3. The molecule has 1 unspecified atom stereocenters. The molecule has 0 aromatic heterocycles. The number of nitrogens with zero attached hydrogens (tertiary/aromatic N) is 1. The Morgan fingerprint density at radius 3 is 2.47 bits per heavy atom. The second-order valence-corrected chi connectivity index (χ2v) is 7.36. The van der Waals surface area contributed by atoms with Crippen molar-refractivity contribution in [1.82, 2.24) is 4.90 Å². The monoisotopic (exact) mass is 285 g/mol. The normalized spacial score (nSPS) is 21.6. The second kappa shape index (κ2) is 8.18. The van der Waals surface area contributed by atoms with E-state index in [1.165, 1.54) is 25.7 Å². The SMILES string of the molecule is CC(C)(C)C1CCC(=O)N(CCCCCCS)CC1. The lowest BCUT2D eigenvalue weighted by Gasteiger charge is -2.29. The highest BCUT2D eigenvalue weighted by atomic mass is 32.1. The fraction of sp³-hybridized carbons (Fsp3) is 0.938. The van der Waals surface area contributed by atoms with E-state index in [2.05, 4.69) is 38.3 Å². The van der Waals surface area contributed by atoms with E-state index in [1.807, 2.05) is 0 Å². The van der Waals surface area contributed by atoms with Gasteiger partial charge < -0.3 is 4.90 Å². The summed E-state index contributed by atoms with van der Waals surface area (Å²) in [7, 11) is 0. The molecule has 1 aliphatic heterocycles. The van der Waals surface area contributed by atoms with Gasteiger partial charge >= 0.3 is 0 Å². The van der Waals surface area contributed by atoms with E-state index in [9.17, 15) is 4.79 Å². The van der Waals surface area contributed by atoms with E-state index in [1.54, 1.807) is 0 Å². The molecule has 1 rings (SSSR count). The van der Waals surface area contributed by atoms with Gasteiger partial charge in [0.1, 0.15) is 0 Å². The Hall–Kier alpha value is -0.180. The standard InChI is InChI=1S/C16H31NOS/c1-16(2,3)14-8-9-15(18)17(12-10-14)11-6-4-5-7-13-19/h14,19H,4-13H2,1-3H3. The van der Waals surface area contributed by atoms with Crippen LogP contribution in [0.2, 0.25) is 0 Å². The van der Waals surface area contributed by atoms with Gasteiger partial charge in [0, 0.05) is 19.5 Å². The van der Waals surface area contributed by atoms with Gasteiger partial charge in [0.2, 0.25) is 5.91 Å². The average molecular weight is 285 g/mol. The Morgan fingerprint density at radius 1 is 1.16 bits per heavy atom. The number of hydrogen-bond acceptors (Lipinski definition) is 2. The van der Waals surface area contributed by atoms with Gasteiger partial charge in [-0.2, -0.15) is 12.6 Å². The summed E-state index contributed by atoms with van der Waals surface area (Å²) in [5.74, 6) is 2.04. The lowest BCUT2D eigenvalue weighted by molar-refractivity contribution is -0.130. The number of rotatable bonds is 6. The van der Waals surface area contributed by atoms with Gasteiger partial charge in [-0.3, -0.25) is 4.79 Å². The fourth-order valence-corrected chi connectivity index (χ4v) is 3.13. The first-order valence-electron chi connectivity index (χ1n) is 7.84. The van der Waals surface area contributed by atoms with Gasteiger partial charge in [0.25, 0.3) is 0 Å². The minimum atomic E-state index is 0.336. The summed E-state index contributed by atoms with van der Waals surface area (Å²) in [5.41, 5.74) is 0.336. The summed E-state index contributed by atoms with van der Waals surface area (Å²) in [6.07, 6.45) is 7.81. The third-order valence-corrected chi connectivity index (χ3v) is 4.68. The molecule has 1 amide bonds. The van der Waals surface area contributed by atoms with Gasteiger partial charge in [-0.1, -0.05) is 33.6 Å². The first-order valence-corrected chi connectivity index (χ1v) is 8.47. The Morgan fingerprint density at radius 2 is 1.84 bits per heavy atom. The molecule has 0 aliphatic carbocycles. The molecular formula is C16H31NOS. The maximum absolute atomic E-state index is 12.1. The predicted octanol–water partition coefficient (Wildman–Crippen LogP) is 4.15. The maximum atomic E-state index is 12.1. The largest absolute Gasteiger partial charge is 0.343 e. The number of carbonyl (C=O) groups excluding carboxylic acids is 1. The summed E-state index contributed by atoms with van der Waals surface area (Å²) in [6.45, 7) is 8.83. The van der Waals surface area contributed by atoms with Gasteiger partial charge in [-0.15, -0.1) is 0 Å². The molecule has 0 N–H and O–H groups in total. The Balaban J connectivity index is 2.33. The molecule has 0 saturated carbocycles. The van der Waals surface area contributed by atoms with E-state index in [0.717, 1.165) is 38.1 Å². The van der Waals surface area contributed by atoms with Crippen LogP contribution < -0.4 is 0 Å². The van der Waals surface area contributed by atoms with Crippen molar-refractivity contribution >= 4 is 18.5 Å². The molecule has 1 atom stereocenters. The van der Waals surface area contributed by atoms with Crippen molar-refractivity contribution in [2.45, 2.75) is 65.7 Å². The summed E-state index contributed by atoms with van der Waals surface area (Å²) in [4.78, 5) is 14.2. The summed E-state index contributed by atoms with van der Waals surface area (Å²) in [6, 6.07) is 0. The van der Waals surface area contributed by atoms with Crippen LogP contribution in [-0.2, 0) is 4.79 Å². The predicted molar refractivity (Wildman–Crippen MR) is 85.7 cm³/mol. The van der Waals surface area contributed by atoms with Gasteiger partial charge in [-0.25, -0.2) is 0 Å². The molecule has 0 radical (unpaired) electrons. The highest BCUT2D eigenvalue weighted by Crippen LogP contribution is 2.34. The molecule has 0 bridgehead atoms. The smallest absolute Gasteiger partial charge is 0.222 e. The van der Waals surface area contributed by atoms with Crippen molar-refractivity contribution in [2.75, 3.05) is 18.8 Å². The Bertz CT molecular complexity index is 272. The summed E-state index contributed by atoms with van der Waals surface area (Å²) >= 11 is 4.23. The zero-order chi connectivity index (χ0) is 14.3. The van der Waals surface area contributed by atoms with Crippen molar-refractivity contribution in [3.05, 3.63) is 0 Å². The average Bonchev–Trinajstić information content (AvgIpc) is 2.51. The molecule has 2 nitrogen and oxygen atoms in total. The minimum Gasteiger partial charge on any atom is -0.343 e. The van der Waals surface area contributed by atoms with E-state index in [-0.39, 0.29) is 0 Å². The van der Waals surface area contributed by atoms with Gasteiger partial charge in [0.05, 0.1) is 0 Å². The topological polar surface area (TPSA) is 20.3 Å². The van der Waals surface area contributed by atoms with E-state index in [0.29, 0.717) is 17.2 Å². The van der Waals surface area contributed by atoms with Crippen molar-refractivity contribution in [3.63, 3.8) is 0 Å². The number of thiol groups is 1. The van der Waals surface area contributed by atoms with Crippen molar-refractivity contribution < 1.29 is 4.79 Å². The van der Waals surface area contributed by atoms with Crippen LogP contribution in [-0.4, -0.2) is 29.6 Å².